The molecule has 2 aromatic heterocycles. The maximum atomic E-state index is 13.2. The van der Waals surface area contributed by atoms with Gasteiger partial charge in [0.15, 0.2) is 0 Å². The second-order valence-corrected chi connectivity index (χ2v) is 5.40. The number of furan rings is 1. The number of nitrogens with zero attached hydrogens (tertiary/aromatic N) is 1. The first kappa shape index (κ1) is 13.3. The number of pyridine rings is 1. The molecule has 0 spiro atoms. The molecule has 0 aliphatic heterocycles. The Morgan fingerprint density at radius 3 is 2.85 bits per heavy atom. The van der Waals surface area contributed by atoms with Crippen LogP contribution in [-0.4, -0.2) is 12.0 Å². The Balaban J connectivity index is 2.07. The first-order chi connectivity index (χ1) is 9.67. The average Bonchev–Trinajstić information content (AvgIpc) is 2.82. The van der Waals surface area contributed by atoms with Gasteiger partial charge < -0.3 is 9.73 Å². The van der Waals surface area contributed by atoms with Gasteiger partial charge in [-0.1, -0.05) is 0 Å². The molecule has 0 saturated carbocycles. The normalized spacial score (nSPS) is 12.8. The molecule has 1 atom stereocenters. The summed E-state index contributed by atoms with van der Waals surface area (Å²) in [5, 5.41) is 3.94. The van der Waals surface area contributed by atoms with E-state index in [4.69, 9.17) is 4.42 Å². The van der Waals surface area contributed by atoms with Crippen LogP contribution < -0.4 is 5.32 Å². The monoisotopic (exact) mass is 334 g/mol. The lowest BCUT2D eigenvalue weighted by molar-refractivity contribution is 0.490. The van der Waals surface area contributed by atoms with Gasteiger partial charge in [0, 0.05) is 22.3 Å². The molecular weight excluding hydrogens is 323 g/mol. The molecule has 3 rings (SSSR count). The number of benzene rings is 1. The zero-order chi connectivity index (χ0) is 14.1. The number of halogens is 2. The Labute approximate surface area is 123 Å². The Kier molecular flexibility index (Phi) is 3.54. The van der Waals surface area contributed by atoms with Crippen molar-refractivity contribution in [2.75, 3.05) is 7.05 Å². The Bertz CT molecular complexity index is 756. The highest BCUT2D eigenvalue weighted by Gasteiger charge is 2.17. The van der Waals surface area contributed by atoms with Crippen LogP contribution in [0, 0.1) is 5.82 Å². The van der Waals surface area contributed by atoms with Crippen molar-refractivity contribution in [2.24, 2.45) is 0 Å². The van der Waals surface area contributed by atoms with Gasteiger partial charge in [-0.2, -0.15) is 0 Å². The summed E-state index contributed by atoms with van der Waals surface area (Å²) < 4.78 is 19.9. The first-order valence-corrected chi connectivity index (χ1v) is 6.93. The summed E-state index contributed by atoms with van der Waals surface area (Å²) in [6, 6.07) is 8.19. The maximum Gasteiger partial charge on any atom is 0.134 e. The topological polar surface area (TPSA) is 38.1 Å². The molecule has 0 fully saturated rings. The predicted molar refractivity (Wildman–Crippen MR) is 79.0 cm³/mol. The number of rotatable bonds is 3. The van der Waals surface area contributed by atoms with E-state index in [9.17, 15) is 4.39 Å². The number of nitrogens with one attached hydrogen (secondary N) is 1. The van der Waals surface area contributed by atoms with E-state index in [2.05, 4.69) is 26.2 Å². The van der Waals surface area contributed by atoms with E-state index in [-0.39, 0.29) is 11.9 Å². The van der Waals surface area contributed by atoms with Gasteiger partial charge in [0.05, 0.1) is 6.04 Å². The molecule has 2 heterocycles. The summed E-state index contributed by atoms with van der Waals surface area (Å²) >= 11 is 3.41. The minimum Gasteiger partial charge on any atom is -0.459 e. The molecule has 0 aliphatic rings. The lowest BCUT2D eigenvalue weighted by Gasteiger charge is -2.13. The van der Waals surface area contributed by atoms with Crippen LogP contribution >= 0.6 is 15.9 Å². The van der Waals surface area contributed by atoms with Crippen LogP contribution in [0.25, 0.3) is 11.0 Å². The third-order valence-electron chi connectivity index (χ3n) is 3.13. The van der Waals surface area contributed by atoms with Crippen molar-refractivity contribution < 1.29 is 8.81 Å². The van der Waals surface area contributed by atoms with Crippen LogP contribution in [0.5, 0.6) is 0 Å². The lowest BCUT2D eigenvalue weighted by atomic mass is 10.1. The van der Waals surface area contributed by atoms with E-state index >= 15 is 0 Å². The van der Waals surface area contributed by atoms with Gasteiger partial charge in [0.25, 0.3) is 0 Å². The molecule has 0 bridgehead atoms. The summed E-state index contributed by atoms with van der Waals surface area (Å²) in [6.07, 6.45) is 3.50. The molecule has 1 N–H and O–H groups in total. The first-order valence-electron chi connectivity index (χ1n) is 6.14. The molecule has 3 aromatic rings. The van der Waals surface area contributed by atoms with Crippen molar-refractivity contribution in [1.29, 1.82) is 0 Å². The summed E-state index contributed by atoms with van der Waals surface area (Å²) in [7, 11) is 1.85. The van der Waals surface area contributed by atoms with Gasteiger partial charge in [-0.25, -0.2) is 4.39 Å². The van der Waals surface area contributed by atoms with E-state index in [1.165, 1.54) is 12.1 Å². The van der Waals surface area contributed by atoms with Crippen molar-refractivity contribution in [1.82, 2.24) is 10.3 Å². The maximum absolute atomic E-state index is 13.2. The lowest BCUT2D eigenvalue weighted by Crippen LogP contribution is -2.17. The van der Waals surface area contributed by atoms with Crippen LogP contribution in [-0.2, 0) is 0 Å². The highest BCUT2D eigenvalue weighted by Crippen LogP contribution is 2.29. The minimum atomic E-state index is -0.269. The molecule has 3 nitrogen and oxygen atoms in total. The fourth-order valence-electron chi connectivity index (χ4n) is 2.24. The van der Waals surface area contributed by atoms with Crippen molar-refractivity contribution in [3.8, 4) is 0 Å². The van der Waals surface area contributed by atoms with Gasteiger partial charge in [0.1, 0.15) is 17.2 Å². The van der Waals surface area contributed by atoms with Crippen LogP contribution in [0.4, 0.5) is 4.39 Å². The zero-order valence-corrected chi connectivity index (χ0v) is 12.3. The number of hydrogen-bond acceptors (Lipinski definition) is 3. The largest absolute Gasteiger partial charge is 0.459 e. The smallest absolute Gasteiger partial charge is 0.134 e. The predicted octanol–water partition coefficient (Wildman–Crippen LogP) is 4.04. The molecule has 102 valence electrons. The summed E-state index contributed by atoms with van der Waals surface area (Å²) in [5.41, 5.74) is 1.64. The third kappa shape index (κ3) is 2.46. The van der Waals surface area contributed by atoms with E-state index < -0.39 is 0 Å². The molecule has 5 heteroatoms. The number of fused-ring (bicyclic) bond motifs is 1. The van der Waals surface area contributed by atoms with Crippen molar-refractivity contribution in [2.45, 2.75) is 6.04 Å². The molecule has 0 amide bonds. The highest BCUT2D eigenvalue weighted by molar-refractivity contribution is 9.10. The molecule has 20 heavy (non-hydrogen) atoms. The highest BCUT2D eigenvalue weighted by atomic mass is 79.9. The fraction of sp³-hybridized carbons (Fsp3) is 0.133. The van der Waals surface area contributed by atoms with Gasteiger partial charge in [0.2, 0.25) is 0 Å². The molecule has 0 saturated heterocycles. The second kappa shape index (κ2) is 5.34. The fourth-order valence-corrected chi connectivity index (χ4v) is 2.62. The molecule has 1 unspecified atom stereocenters. The Morgan fingerprint density at radius 1 is 1.25 bits per heavy atom. The average molecular weight is 335 g/mol. The van der Waals surface area contributed by atoms with Crippen LogP contribution in [0.15, 0.2) is 51.6 Å². The van der Waals surface area contributed by atoms with Gasteiger partial charge in [-0.05, 0) is 58.9 Å². The zero-order valence-electron chi connectivity index (χ0n) is 10.7. The summed E-state index contributed by atoms with van der Waals surface area (Å²) in [4.78, 5) is 4.16. The van der Waals surface area contributed by atoms with Crippen LogP contribution in [0.1, 0.15) is 17.4 Å². The van der Waals surface area contributed by atoms with Gasteiger partial charge in [-0.15, -0.1) is 0 Å². The van der Waals surface area contributed by atoms with E-state index in [1.54, 1.807) is 18.5 Å². The summed E-state index contributed by atoms with van der Waals surface area (Å²) in [5.74, 6) is 0.461. The molecule has 0 radical (unpaired) electrons. The van der Waals surface area contributed by atoms with E-state index in [0.29, 0.717) is 5.58 Å². The Morgan fingerprint density at radius 2 is 2.10 bits per heavy atom. The van der Waals surface area contributed by atoms with E-state index in [0.717, 1.165) is 21.2 Å². The molecular formula is C15H12BrFN2O. The Hall–Kier alpha value is -1.72. The molecule has 0 aliphatic carbocycles. The van der Waals surface area contributed by atoms with Gasteiger partial charge in [-0.3, -0.25) is 4.98 Å². The van der Waals surface area contributed by atoms with Crippen LogP contribution in [0.3, 0.4) is 0 Å². The quantitative estimate of drug-likeness (QED) is 0.785. The van der Waals surface area contributed by atoms with Gasteiger partial charge >= 0.3 is 0 Å². The van der Waals surface area contributed by atoms with Crippen molar-refractivity contribution in [3.05, 3.63) is 64.3 Å². The summed E-state index contributed by atoms with van der Waals surface area (Å²) in [6.45, 7) is 0. The van der Waals surface area contributed by atoms with Crippen molar-refractivity contribution >= 4 is 26.9 Å². The number of aromatic nitrogens is 1. The minimum absolute atomic E-state index is 0.129. The SMILES string of the molecule is CNC(c1cncc(Br)c1)c1cc2cc(F)ccc2o1. The third-order valence-corrected chi connectivity index (χ3v) is 3.56. The van der Waals surface area contributed by atoms with Crippen molar-refractivity contribution in [3.63, 3.8) is 0 Å². The standard InChI is InChI=1S/C15H12BrFN2O/c1-18-15(10-4-11(16)8-19-7-10)14-6-9-5-12(17)2-3-13(9)20-14/h2-8,15,18H,1H3. The second-order valence-electron chi connectivity index (χ2n) is 4.49. The van der Waals surface area contributed by atoms with Crippen LogP contribution in [0.2, 0.25) is 0 Å². The van der Waals surface area contributed by atoms with E-state index in [1.807, 2.05) is 19.2 Å². The number of hydrogen-bond donors (Lipinski definition) is 1. The molecule has 1 aromatic carbocycles.